The van der Waals surface area contributed by atoms with E-state index in [0.29, 0.717) is 17.5 Å². The predicted octanol–water partition coefficient (Wildman–Crippen LogP) is 4.16. The highest BCUT2D eigenvalue weighted by Gasteiger charge is 2.37. The Morgan fingerprint density at radius 2 is 1.81 bits per heavy atom. The Hall–Kier alpha value is -0.860. The molecule has 0 bridgehead atoms. The second kappa shape index (κ2) is 6.93. The number of benzene rings is 1. The van der Waals surface area contributed by atoms with Crippen molar-refractivity contribution in [3.05, 3.63) is 35.4 Å². The normalized spacial score (nSPS) is 22.7. The monoisotopic (exact) mass is 288 g/mol. The zero-order valence-corrected chi connectivity index (χ0v) is 14.4. The third-order valence-corrected chi connectivity index (χ3v) is 5.28. The Balaban J connectivity index is 2.14. The molecular formula is C19H32N2. The first-order valence-corrected chi connectivity index (χ1v) is 8.58. The van der Waals surface area contributed by atoms with Gasteiger partial charge in [0.05, 0.1) is 0 Å². The van der Waals surface area contributed by atoms with Gasteiger partial charge in [-0.1, -0.05) is 52.0 Å². The molecule has 1 aliphatic heterocycles. The maximum absolute atomic E-state index is 3.67. The molecule has 1 fully saturated rings. The van der Waals surface area contributed by atoms with E-state index in [1.165, 1.54) is 24.0 Å². The topological polar surface area (TPSA) is 15.3 Å². The first-order chi connectivity index (χ1) is 10.0. The van der Waals surface area contributed by atoms with Crippen molar-refractivity contribution in [1.82, 2.24) is 10.2 Å². The molecule has 0 amide bonds. The van der Waals surface area contributed by atoms with Crippen molar-refractivity contribution in [1.29, 1.82) is 0 Å². The van der Waals surface area contributed by atoms with Crippen molar-refractivity contribution in [2.24, 2.45) is 0 Å². The van der Waals surface area contributed by atoms with E-state index in [1.54, 1.807) is 0 Å². The standard InChI is InChI=1S/C19H32N2/c1-6-19(7-2)14-20-16(5)12-21(19)13-17-8-10-18(11-9-17)15(3)4/h8-11,15-16,20H,6-7,12-14H2,1-5H3. The lowest BCUT2D eigenvalue weighted by molar-refractivity contribution is 0.0278. The lowest BCUT2D eigenvalue weighted by atomic mass is 9.87. The summed E-state index contributed by atoms with van der Waals surface area (Å²) in [4.78, 5) is 2.71. The summed E-state index contributed by atoms with van der Waals surface area (Å²) < 4.78 is 0. The average molecular weight is 288 g/mol. The van der Waals surface area contributed by atoms with Crippen LogP contribution in [0.15, 0.2) is 24.3 Å². The van der Waals surface area contributed by atoms with Crippen molar-refractivity contribution in [2.75, 3.05) is 13.1 Å². The minimum absolute atomic E-state index is 0.323. The van der Waals surface area contributed by atoms with Crippen molar-refractivity contribution < 1.29 is 0 Å². The van der Waals surface area contributed by atoms with Crippen LogP contribution in [-0.4, -0.2) is 29.6 Å². The van der Waals surface area contributed by atoms with E-state index >= 15 is 0 Å². The molecule has 0 aliphatic carbocycles. The van der Waals surface area contributed by atoms with E-state index in [9.17, 15) is 0 Å². The summed E-state index contributed by atoms with van der Waals surface area (Å²) >= 11 is 0. The highest BCUT2D eigenvalue weighted by Crippen LogP contribution is 2.29. The van der Waals surface area contributed by atoms with E-state index < -0.39 is 0 Å². The minimum Gasteiger partial charge on any atom is -0.311 e. The number of nitrogens with zero attached hydrogens (tertiary/aromatic N) is 1. The Morgan fingerprint density at radius 1 is 1.19 bits per heavy atom. The van der Waals surface area contributed by atoms with Gasteiger partial charge in [-0.3, -0.25) is 4.90 Å². The third-order valence-electron chi connectivity index (χ3n) is 5.28. The molecule has 1 unspecified atom stereocenters. The molecule has 1 heterocycles. The minimum atomic E-state index is 0.323. The second-order valence-electron chi connectivity index (χ2n) is 6.99. The summed E-state index contributed by atoms with van der Waals surface area (Å²) in [7, 11) is 0. The van der Waals surface area contributed by atoms with Gasteiger partial charge in [0.2, 0.25) is 0 Å². The average Bonchev–Trinajstić information content (AvgIpc) is 2.49. The van der Waals surface area contributed by atoms with Crippen LogP contribution in [0.1, 0.15) is 64.5 Å². The summed E-state index contributed by atoms with van der Waals surface area (Å²) in [5.41, 5.74) is 3.20. The Bertz CT molecular complexity index is 431. The van der Waals surface area contributed by atoms with Crippen molar-refractivity contribution in [2.45, 2.75) is 71.5 Å². The molecule has 1 N–H and O–H groups in total. The summed E-state index contributed by atoms with van der Waals surface area (Å²) in [6.45, 7) is 14.8. The highest BCUT2D eigenvalue weighted by molar-refractivity contribution is 5.25. The first kappa shape index (κ1) is 16.5. The maximum Gasteiger partial charge on any atom is 0.0333 e. The summed E-state index contributed by atoms with van der Waals surface area (Å²) in [6, 6.07) is 9.82. The summed E-state index contributed by atoms with van der Waals surface area (Å²) in [6.07, 6.45) is 2.43. The number of hydrogen-bond donors (Lipinski definition) is 1. The van der Waals surface area contributed by atoms with Gasteiger partial charge in [0.15, 0.2) is 0 Å². The van der Waals surface area contributed by atoms with E-state index in [1.807, 2.05) is 0 Å². The van der Waals surface area contributed by atoms with Gasteiger partial charge in [-0.15, -0.1) is 0 Å². The van der Waals surface area contributed by atoms with E-state index in [4.69, 9.17) is 0 Å². The number of rotatable bonds is 5. The Kier molecular flexibility index (Phi) is 5.45. The molecule has 0 saturated carbocycles. The summed E-state index contributed by atoms with van der Waals surface area (Å²) in [5, 5.41) is 3.67. The molecule has 0 radical (unpaired) electrons. The molecule has 0 spiro atoms. The third kappa shape index (κ3) is 3.67. The van der Waals surface area contributed by atoms with Crippen molar-refractivity contribution in [3.8, 4) is 0 Å². The molecule has 2 nitrogen and oxygen atoms in total. The van der Waals surface area contributed by atoms with Crippen LogP contribution in [0.25, 0.3) is 0 Å². The molecule has 2 rings (SSSR count). The van der Waals surface area contributed by atoms with Gasteiger partial charge >= 0.3 is 0 Å². The lowest BCUT2D eigenvalue weighted by Crippen LogP contribution is -2.63. The Morgan fingerprint density at radius 3 is 2.33 bits per heavy atom. The van der Waals surface area contributed by atoms with Crippen LogP contribution in [0.5, 0.6) is 0 Å². The van der Waals surface area contributed by atoms with Crippen LogP contribution < -0.4 is 5.32 Å². The van der Waals surface area contributed by atoms with E-state index in [-0.39, 0.29) is 0 Å². The van der Waals surface area contributed by atoms with Gasteiger partial charge in [0, 0.05) is 31.2 Å². The molecular weight excluding hydrogens is 256 g/mol. The van der Waals surface area contributed by atoms with Gasteiger partial charge in [0.1, 0.15) is 0 Å². The number of hydrogen-bond acceptors (Lipinski definition) is 2. The Labute approximate surface area is 130 Å². The molecule has 2 heteroatoms. The number of nitrogens with one attached hydrogen (secondary N) is 1. The summed E-state index contributed by atoms with van der Waals surface area (Å²) in [5.74, 6) is 0.614. The van der Waals surface area contributed by atoms with Crippen LogP contribution in [0.2, 0.25) is 0 Å². The zero-order chi connectivity index (χ0) is 15.5. The molecule has 1 aromatic carbocycles. The predicted molar refractivity (Wildman–Crippen MR) is 91.7 cm³/mol. The van der Waals surface area contributed by atoms with Crippen molar-refractivity contribution >= 4 is 0 Å². The molecule has 118 valence electrons. The van der Waals surface area contributed by atoms with Crippen LogP contribution in [-0.2, 0) is 6.54 Å². The fraction of sp³-hybridized carbons (Fsp3) is 0.684. The fourth-order valence-electron chi connectivity index (χ4n) is 3.47. The first-order valence-electron chi connectivity index (χ1n) is 8.58. The van der Waals surface area contributed by atoms with Crippen LogP contribution >= 0.6 is 0 Å². The molecule has 1 aromatic rings. The zero-order valence-electron chi connectivity index (χ0n) is 14.4. The molecule has 0 aromatic heterocycles. The van der Waals surface area contributed by atoms with Crippen molar-refractivity contribution in [3.63, 3.8) is 0 Å². The van der Waals surface area contributed by atoms with Gasteiger partial charge < -0.3 is 5.32 Å². The van der Waals surface area contributed by atoms with Gasteiger partial charge in [-0.05, 0) is 36.8 Å². The van der Waals surface area contributed by atoms with Crippen LogP contribution in [0, 0.1) is 0 Å². The lowest BCUT2D eigenvalue weighted by Gasteiger charge is -2.49. The van der Waals surface area contributed by atoms with Gasteiger partial charge in [-0.25, -0.2) is 0 Å². The second-order valence-corrected chi connectivity index (χ2v) is 6.99. The number of piperazine rings is 1. The smallest absolute Gasteiger partial charge is 0.0333 e. The van der Waals surface area contributed by atoms with E-state index in [0.717, 1.165) is 19.6 Å². The molecule has 21 heavy (non-hydrogen) atoms. The van der Waals surface area contributed by atoms with E-state index in [2.05, 4.69) is 69.1 Å². The molecule has 1 saturated heterocycles. The van der Waals surface area contributed by atoms with Crippen LogP contribution in [0.4, 0.5) is 0 Å². The quantitative estimate of drug-likeness (QED) is 0.875. The van der Waals surface area contributed by atoms with Gasteiger partial charge in [-0.2, -0.15) is 0 Å². The molecule has 1 atom stereocenters. The highest BCUT2D eigenvalue weighted by atomic mass is 15.3. The SMILES string of the molecule is CCC1(CC)CNC(C)CN1Cc1ccc(C(C)C)cc1. The molecule has 1 aliphatic rings. The van der Waals surface area contributed by atoms with Gasteiger partial charge in [0.25, 0.3) is 0 Å². The van der Waals surface area contributed by atoms with Crippen LogP contribution in [0.3, 0.4) is 0 Å². The maximum atomic E-state index is 3.67. The fourth-order valence-corrected chi connectivity index (χ4v) is 3.47. The largest absolute Gasteiger partial charge is 0.311 e.